The zero-order chi connectivity index (χ0) is 17.5. The van der Waals surface area contributed by atoms with E-state index in [2.05, 4.69) is 0 Å². The molecule has 2 rings (SSSR count). The molecule has 1 atom stereocenters. The molecule has 0 unspecified atom stereocenters. The van der Waals surface area contributed by atoms with Crippen LogP contribution in [0.4, 0.5) is 4.79 Å². The first kappa shape index (κ1) is 17.8. The minimum Gasteiger partial charge on any atom is -0.497 e. The Morgan fingerprint density at radius 2 is 1.96 bits per heavy atom. The average molecular weight is 348 g/mol. The summed E-state index contributed by atoms with van der Waals surface area (Å²) in [6.07, 6.45) is -0.227. The van der Waals surface area contributed by atoms with E-state index in [4.69, 9.17) is 16.3 Å². The number of carboxylic acid groups (broad SMARTS) is 1. The molecule has 0 aliphatic carbocycles. The van der Waals surface area contributed by atoms with E-state index >= 15 is 0 Å². The first-order chi connectivity index (χ1) is 11.5. The monoisotopic (exact) mass is 347 g/mol. The van der Waals surface area contributed by atoms with Crippen molar-refractivity contribution in [1.29, 1.82) is 0 Å². The van der Waals surface area contributed by atoms with Crippen LogP contribution in [0.1, 0.15) is 11.1 Å². The first-order valence-electron chi connectivity index (χ1n) is 7.35. The molecule has 5 nitrogen and oxygen atoms in total. The maximum Gasteiger partial charge on any atom is 0.408 e. The molecule has 0 bridgehead atoms. The lowest BCUT2D eigenvalue weighted by molar-refractivity contribution is -0.112. The lowest BCUT2D eigenvalue weighted by atomic mass is 10.0. The number of nitrogens with zero attached hydrogens (tertiary/aromatic N) is 1. The minimum absolute atomic E-state index is 0.114. The Hall–Kier alpha value is -2.53. The van der Waals surface area contributed by atoms with E-state index in [-0.39, 0.29) is 13.0 Å². The topological polar surface area (TPSA) is 66.8 Å². The largest absolute Gasteiger partial charge is 0.497 e. The van der Waals surface area contributed by atoms with Crippen LogP contribution in [0, 0.1) is 0 Å². The summed E-state index contributed by atoms with van der Waals surface area (Å²) < 4.78 is 5.08. The molecule has 1 N–H and O–H groups in total. The van der Waals surface area contributed by atoms with E-state index in [1.807, 2.05) is 6.07 Å². The van der Waals surface area contributed by atoms with Crippen LogP contribution in [0.3, 0.4) is 0 Å². The number of carbonyl (C=O) groups is 2. The molecule has 24 heavy (non-hydrogen) atoms. The zero-order valence-corrected chi connectivity index (χ0v) is 13.9. The van der Waals surface area contributed by atoms with Crippen LogP contribution in [0.15, 0.2) is 48.5 Å². The van der Waals surface area contributed by atoms with Crippen LogP contribution >= 0.6 is 11.6 Å². The highest BCUT2D eigenvalue weighted by molar-refractivity contribution is 6.30. The zero-order valence-electron chi connectivity index (χ0n) is 13.2. The number of hydrogen-bond acceptors (Lipinski definition) is 3. The van der Waals surface area contributed by atoms with E-state index in [0.29, 0.717) is 17.1 Å². The smallest absolute Gasteiger partial charge is 0.408 e. The van der Waals surface area contributed by atoms with Gasteiger partial charge in [-0.25, -0.2) is 4.79 Å². The molecular formula is C18H18ClNO4. The van der Waals surface area contributed by atoms with Gasteiger partial charge < -0.3 is 14.6 Å². The molecular weight excluding hydrogens is 330 g/mol. The van der Waals surface area contributed by atoms with Gasteiger partial charge in [-0.2, -0.15) is 0 Å². The molecule has 0 saturated heterocycles. The summed E-state index contributed by atoms with van der Waals surface area (Å²) in [5.41, 5.74) is 1.58. The quantitative estimate of drug-likeness (QED) is 0.776. The van der Waals surface area contributed by atoms with Gasteiger partial charge in [-0.1, -0.05) is 35.9 Å². The summed E-state index contributed by atoms with van der Waals surface area (Å²) in [7, 11) is 1.56. The molecule has 0 fully saturated rings. The van der Waals surface area contributed by atoms with Crippen LogP contribution in [-0.4, -0.2) is 35.5 Å². The Labute approximate surface area is 145 Å². The molecule has 0 aromatic heterocycles. The molecule has 2 aromatic carbocycles. The third kappa shape index (κ3) is 4.73. The molecule has 2 aromatic rings. The fraction of sp³-hybridized carbons (Fsp3) is 0.222. The Bertz CT molecular complexity index is 702. The minimum atomic E-state index is -1.15. The number of rotatable bonds is 7. The third-order valence-corrected chi connectivity index (χ3v) is 3.88. The van der Waals surface area contributed by atoms with E-state index in [0.717, 1.165) is 16.0 Å². The van der Waals surface area contributed by atoms with Crippen molar-refractivity contribution in [3.8, 4) is 5.75 Å². The van der Waals surface area contributed by atoms with Gasteiger partial charge in [0.2, 0.25) is 0 Å². The number of aldehydes is 1. The van der Waals surface area contributed by atoms with Crippen LogP contribution in [-0.2, 0) is 17.8 Å². The summed E-state index contributed by atoms with van der Waals surface area (Å²) in [4.78, 5) is 24.2. The number of methoxy groups -OCH3 is 1. The van der Waals surface area contributed by atoms with Gasteiger partial charge in [0.05, 0.1) is 13.2 Å². The normalized spacial score (nSPS) is 11.6. The van der Waals surface area contributed by atoms with Gasteiger partial charge in [-0.3, -0.25) is 4.90 Å². The Morgan fingerprint density at radius 1 is 1.25 bits per heavy atom. The molecule has 0 spiro atoms. The molecule has 0 radical (unpaired) electrons. The van der Waals surface area contributed by atoms with Gasteiger partial charge in [0.1, 0.15) is 12.0 Å². The second-order valence-corrected chi connectivity index (χ2v) is 5.73. The summed E-state index contributed by atoms with van der Waals surface area (Å²) >= 11 is 5.94. The van der Waals surface area contributed by atoms with Crippen molar-refractivity contribution >= 4 is 24.0 Å². The molecule has 0 aliphatic rings. The Kier molecular flexibility index (Phi) is 6.21. The standard InChI is InChI=1S/C18H18ClNO4/c1-24-17-7-5-13(6-8-17)11-20(18(22)23)16(12-21)10-14-3-2-4-15(19)9-14/h2-9,12,16H,10-11H2,1H3,(H,22,23)/t16-/m0/s1. The summed E-state index contributed by atoms with van der Waals surface area (Å²) in [6, 6.07) is 13.3. The van der Waals surface area contributed by atoms with E-state index in [1.165, 1.54) is 0 Å². The fourth-order valence-corrected chi connectivity index (χ4v) is 2.60. The van der Waals surface area contributed by atoms with Gasteiger partial charge >= 0.3 is 6.09 Å². The maximum absolute atomic E-state index is 11.6. The van der Waals surface area contributed by atoms with Gasteiger partial charge in [0.25, 0.3) is 0 Å². The van der Waals surface area contributed by atoms with Crippen molar-refractivity contribution in [2.24, 2.45) is 0 Å². The second-order valence-electron chi connectivity index (χ2n) is 5.30. The van der Waals surface area contributed by atoms with Gasteiger partial charge in [0.15, 0.2) is 0 Å². The number of halogens is 1. The lowest BCUT2D eigenvalue weighted by Crippen LogP contribution is -2.41. The predicted octanol–water partition coefficient (Wildman–Crippen LogP) is 3.64. The van der Waals surface area contributed by atoms with Gasteiger partial charge in [-0.05, 0) is 41.8 Å². The van der Waals surface area contributed by atoms with Crippen molar-refractivity contribution < 1.29 is 19.4 Å². The molecule has 6 heteroatoms. The SMILES string of the molecule is COc1ccc(CN(C(=O)O)[C@H](C=O)Cc2cccc(Cl)c2)cc1. The first-order valence-corrected chi connectivity index (χ1v) is 7.73. The molecule has 1 amide bonds. The van der Waals surface area contributed by atoms with Gasteiger partial charge in [0, 0.05) is 11.6 Å². The van der Waals surface area contributed by atoms with E-state index < -0.39 is 12.1 Å². The van der Waals surface area contributed by atoms with Crippen molar-refractivity contribution in [3.05, 3.63) is 64.7 Å². The van der Waals surface area contributed by atoms with Crippen molar-refractivity contribution in [3.63, 3.8) is 0 Å². The summed E-state index contributed by atoms with van der Waals surface area (Å²) in [5, 5.41) is 10.0. The number of benzene rings is 2. The lowest BCUT2D eigenvalue weighted by Gasteiger charge is -2.25. The van der Waals surface area contributed by atoms with Crippen molar-refractivity contribution in [2.75, 3.05) is 7.11 Å². The van der Waals surface area contributed by atoms with Crippen LogP contribution in [0.2, 0.25) is 5.02 Å². The third-order valence-electron chi connectivity index (χ3n) is 3.65. The highest BCUT2D eigenvalue weighted by Gasteiger charge is 2.23. The van der Waals surface area contributed by atoms with Gasteiger partial charge in [-0.15, -0.1) is 0 Å². The maximum atomic E-state index is 11.6. The highest BCUT2D eigenvalue weighted by Crippen LogP contribution is 2.17. The molecule has 126 valence electrons. The second kappa shape index (κ2) is 8.36. The number of ether oxygens (including phenoxy) is 1. The number of carbonyl (C=O) groups excluding carboxylic acids is 1. The van der Waals surface area contributed by atoms with Crippen LogP contribution in [0.5, 0.6) is 5.75 Å². The summed E-state index contributed by atoms with van der Waals surface area (Å²) in [5.74, 6) is 0.687. The fourth-order valence-electron chi connectivity index (χ4n) is 2.39. The predicted molar refractivity (Wildman–Crippen MR) is 91.6 cm³/mol. The summed E-state index contributed by atoms with van der Waals surface area (Å²) in [6.45, 7) is 0.114. The Morgan fingerprint density at radius 3 is 2.50 bits per heavy atom. The molecule has 0 saturated carbocycles. The average Bonchev–Trinajstić information content (AvgIpc) is 2.58. The van der Waals surface area contributed by atoms with E-state index in [1.54, 1.807) is 49.6 Å². The number of hydrogen-bond donors (Lipinski definition) is 1. The van der Waals surface area contributed by atoms with Crippen molar-refractivity contribution in [1.82, 2.24) is 4.90 Å². The van der Waals surface area contributed by atoms with Crippen molar-refractivity contribution in [2.45, 2.75) is 19.0 Å². The Balaban J connectivity index is 2.16. The highest BCUT2D eigenvalue weighted by atomic mass is 35.5. The van der Waals surface area contributed by atoms with Crippen LogP contribution < -0.4 is 4.74 Å². The molecule has 0 heterocycles. The molecule has 0 aliphatic heterocycles. The number of amides is 1. The van der Waals surface area contributed by atoms with E-state index in [9.17, 15) is 14.7 Å². The van der Waals surface area contributed by atoms with Crippen LogP contribution in [0.25, 0.3) is 0 Å².